The minimum Gasteiger partial charge on any atom is -0.331 e. The summed E-state index contributed by atoms with van der Waals surface area (Å²) in [6.45, 7) is 8.06. The van der Waals surface area contributed by atoms with Crippen molar-refractivity contribution >= 4 is 49.4 Å². The number of nitrogens with zero attached hydrogens (tertiary/aromatic N) is 5. The van der Waals surface area contributed by atoms with E-state index in [4.69, 9.17) is 32.2 Å². The normalized spacial score (nSPS) is 11.6. The lowest BCUT2D eigenvalue weighted by molar-refractivity contribution is -0.605. The molecule has 0 spiro atoms. The number of benzene rings is 1. The van der Waals surface area contributed by atoms with Crippen LogP contribution in [0.1, 0.15) is 25.1 Å². The second kappa shape index (κ2) is 10.2. The average molecular weight is 497 g/mol. The Kier molecular flexibility index (Phi) is 8.31. The quantitative estimate of drug-likeness (QED) is 0.225. The Labute approximate surface area is 189 Å². The van der Waals surface area contributed by atoms with E-state index in [1.807, 2.05) is 6.07 Å². The molecule has 0 saturated carbocycles. The van der Waals surface area contributed by atoms with Gasteiger partial charge >= 0.3 is 12.0 Å². The van der Waals surface area contributed by atoms with Gasteiger partial charge in [-0.3, -0.25) is 0 Å². The summed E-state index contributed by atoms with van der Waals surface area (Å²) >= 11 is 12.4. The second-order valence-electron chi connectivity index (χ2n) is 6.17. The molecule has 0 N–H and O–H groups in total. The van der Waals surface area contributed by atoms with Gasteiger partial charge in [0, 0.05) is 14.1 Å². The fraction of sp³-hybridized carbons (Fsp3) is 0.389. The van der Waals surface area contributed by atoms with E-state index in [0.29, 0.717) is 18.5 Å². The van der Waals surface area contributed by atoms with Gasteiger partial charge in [0.1, 0.15) is 6.07 Å². The van der Waals surface area contributed by atoms with Crippen molar-refractivity contribution in [2.45, 2.75) is 20.0 Å². The third kappa shape index (κ3) is 5.30. The van der Waals surface area contributed by atoms with Crippen molar-refractivity contribution < 1.29 is 26.9 Å². The van der Waals surface area contributed by atoms with Crippen LogP contribution in [0.4, 0.5) is 19.0 Å². The number of rotatable bonds is 8. The lowest BCUT2D eigenvalue weighted by Gasteiger charge is -2.18. The first-order valence-corrected chi connectivity index (χ1v) is 10.8. The van der Waals surface area contributed by atoms with Crippen LogP contribution in [-0.4, -0.2) is 53.5 Å². The molecule has 168 valence electrons. The Morgan fingerprint density at radius 2 is 1.74 bits per heavy atom. The summed E-state index contributed by atoms with van der Waals surface area (Å²) < 4.78 is 53.4. The Morgan fingerprint density at radius 1 is 1.23 bits per heavy atom. The highest BCUT2D eigenvalue weighted by molar-refractivity contribution is 7.56. The van der Waals surface area contributed by atoms with Crippen molar-refractivity contribution in [3.63, 3.8) is 0 Å². The molecule has 0 aliphatic rings. The Hall–Kier alpha value is -1.89. The highest BCUT2D eigenvalue weighted by Crippen LogP contribution is 2.44. The first-order valence-electron chi connectivity index (χ1n) is 8.91. The van der Waals surface area contributed by atoms with Crippen LogP contribution in [0.15, 0.2) is 12.1 Å². The van der Waals surface area contributed by atoms with Gasteiger partial charge in [0.2, 0.25) is 14.1 Å². The molecular formula is C18H20Cl2F3N5O2P+. The molecule has 0 unspecified atom stereocenters. The van der Waals surface area contributed by atoms with Crippen molar-refractivity contribution in [3.05, 3.63) is 33.4 Å². The number of hydrogen-bond donors (Lipinski definition) is 0. The molecule has 31 heavy (non-hydrogen) atoms. The van der Waals surface area contributed by atoms with Gasteiger partial charge in [-0.2, -0.15) is 18.4 Å². The largest absolute Gasteiger partial charge is 0.416 e. The molecule has 2 aromatic rings. The molecule has 0 atom stereocenters. The maximum absolute atomic E-state index is 13.2. The van der Waals surface area contributed by atoms with Crippen LogP contribution in [-0.2, 0) is 15.2 Å². The molecule has 0 bridgehead atoms. The smallest absolute Gasteiger partial charge is 0.331 e. The fourth-order valence-electron chi connectivity index (χ4n) is 2.55. The second-order valence-corrected chi connectivity index (χ2v) is 8.46. The third-order valence-electron chi connectivity index (χ3n) is 3.90. The van der Waals surface area contributed by atoms with Crippen molar-refractivity contribution in [3.8, 4) is 11.8 Å². The summed E-state index contributed by atoms with van der Waals surface area (Å²) in [5.74, 6) is 0.220. The summed E-state index contributed by atoms with van der Waals surface area (Å²) in [6, 6.07) is 3.47. The van der Waals surface area contributed by atoms with Crippen LogP contribution in [0.2, 0.25) is 10.0 Å². The van der Waals surface area contributed by atoms with E-state index in [2.05, 4.69) is 11.8 Å². The third-order valence-corrected chi connectivity index (χ3v) is 6.24. The summed E-state index contributed by atoms with van der Waals surface area (Å²) in [6.07, 6.45) is -4.64. The van der Waals surface area contributed by atoms with Gasteiger partial charge < -0.3 is 9.05 Å². The lowest BCUT2D eigenvalue weighted by atomic mass is 10.2. The molecule has 7 nitrogen and oxygen atoms in total. The van der Waals surface area contributed by atoms with Gasteiger partial charge in [-0.25, -0.2) is 5.01 Å². The van der Waals surface area contributed by atoms with Crippen molar-refractivity contribution in [1.29, 1.82) is 5.26 Å². The van der Waals surface area contributed by atoms with E-state index in [-0.39, 0.29) is 27.2 Å². The molecule has 1 heterocycles. The van der Waals surface area contributed by atoms with Crippen LogP contribution >= 0.6 is 31.6 Å². The minimum atomic E-state index is -4.64. The highest BCUT2D eigenvalue weighted by atomic mass is 35.5. The zero-order valence-electron chi connectivity index (χ0n) is 17.2. The SMILES string of the molecule is C=[N+](c1c(P(OCC)OCC)c(C#N)nn1-c1c(Cl)cc(C(F)(F)F)cc1Cl)N(C)C. The van der Waals surface area contributed by atoms with Crippen LogP contribution in [0.3, 0.4) is 0 Å². The predicted molar refractivity (Wildman–Crippen MR) is 114 cm³/mol. The molecule has 0 amide bonds. The Bertz CT molecular complexity index is 992. The molecule has 0 radical (unpaired) electrons. The van der Waals surface area contributed by atoms with Gasteiger partial charge in [0.05, 0.1) is 35.5 Å². The lowest BCUT2D eigenvalue weighted by Crippen LogP contribution is -2.28. The molecular weight excluding hydrogens is 477 g/mol. The number of hydrazone groups is 1. The molecule has 0 saturated heterocycles. The zero-order chi connectivity index (χ0) is 23.5. The predicted octanol–water partition coefficient (Wildman–Crippen LogP) is 4.90. The van der Waals surface area contributed by atoms with E-state index < -0.39 is 20.1 Å². The molecule has 1 aromatic heterocycles. The van der Waals surface area contributed by atoms with Gasteiger partial charge in [0.15, 0.2) is 11.0 Å². The number of halogens is 5. The van der Waals surface area contributed by atoms with Gasteiger partial charge in [-0.1, -0.05) is 33.0 Å². The molecule has 13 heteroatoms. The van der Waals surface area contributed by atoms with E-state index in [1.165, 1.54) is 9.37 Å². The molecule has 1 aromatic carbocycles. The number of aromatic nitrogens is 2. The maximum atomic E-state index is 13.2. The summed E-state index contributed by atoms with van der Waals surface area (Å²) in [7, 11) is 1.61. The number of hydrazine groups is 1. The maximum Gasteiger partial charge on any atom is 0.416 e. The fourth-order valence-corrected chi connectivity index (χ4v) is 4.64. The molecule has 0 aliphatic heterocycles. The van der Waals surface area contributed by atoms with Crippen LogP contribution in [0.25, 0.3) is 5.69 Å². The van der Waals surface area contributed by atoms with Crippen molar-refractivity contribution in [2.24, 2.45) is 0 Å². The van der Waals surface area contributed by atoms with Crippen molar-refractivity contribution in [2.75, 3.05) is 27.3 Å². The standard InChI is InChI=1S/C18H20Cl2F3N5O2P/c1-6-29-31(30-7-2)16-14(10-24)25-28(17(16)27(5)26(3)4)15-12(19)8-11(9-13(15)20)18(21,22)23/h8-9H,5-7H2,1-4H3/q+1. The number of hydrogen-bond acceptors (Lipinski definition) is 5. The first-order chi connectivity index (χ1) is 14.5. The van der Waals surface area contributed by atoms with Crippen LogP contribution in [0.5, 0.6) is 0 Å². The molecule has 2 rings (SSSR count). The average Bonchev–Trinajstić information content (AvgIpc) is 3.04. The molecule has 0 fully saturated rings. The highest BCUT2D eigenvalue weighted by Gasteiger charge is 2.39. The Balaban J connectivity index is 2.89. The minimum absolute atomic E-state index is 0.0347. The van der Waals surface area contributed by atoms with Crippen molar-refractivity contribution in [1.82, 2.24) is 14.8 Å². The van der Waals surface area contributed by atoms with E-state index >= 15 is 0 Å². The summed E-state index contributed by atoms with van der Waals surface area (Å²) in [5, 5.41) is 15.2. The van der Waals surface area contributed by atoms with Crippen LogP contribution in [0, 0.1) is 11.3 Å². The number of alkyl halides is 3. The van der Waals surface area contributed by atoms with E-state index in [0.717, 1.165) is 12.1 Å². The topological polar surface area (TPSA) is 66.3 Å². The Morgan fingerprint density at radius 3 is 2.13 bits per heavy atom. The molecule has 0 aliphatic carbocycles. The van der Waals surface area contributed by atoms with E-state index in [9.17, 15) is 18.4 Å². The first kappa shape index (κ1) is 25.4. The van der Waals surface area contributed by atoms with Gasteiger partial charge in [-0.05, 0) is 26.0 Å². The summed E-state index contributed by atoms with van der Waals surface area (Å²) in [4.78, 5) is 0. The van der Waals surface area contributed by atoms with Crippen LogP contribution < -0.4 is 5.30 Å². The summed E-state index contributed by atoms with van der Waals surface area (Å²) in [5.41, 5.74) is -1.09. The zero-order valence-corrected chi connectivity index (χ0v) is 19.6. The van der Waals surface area contributed by atoms with Gasteiger partial charge in [-0.15, -0.1) is 4.68 Å². The van der Waals surface area contributed by atoms with E-state index in [1.54, 1.807) is 33.0 Å². The monoisotopic (exact) mass is 496 g/mol. The van der Waals surface area contributed by atoms with Gasteiger partial charge in [0.25, 0.3) is 0 Å². The number of nitriles is 1.